The highest BCUT2D eigenvalue weighted by Gasteiger charge is 2.35. The van der Waals surface area contributed by atoms with Crippen LogP contribution in [0, 0.1) is 5.82 Å². The minimum absolute atomic E-state index is 0.0484. The van der Waals surface area contributed by atoms with Crippen molar-refractivity contribution in [1.29, 1.82) is 0 Å². The molecule has 0 aliphatic carbocycles. The molecule has 2 heterocycles. The molecule has 3 N–H and O–H groups in total. The van der Waals surface area contributed by atoms with E-state index in [1.807, 2.05) is 38.4 Å². The molecular weight excluding hydrogens is 515 g/mol. The minimum atomic E-state index is -0.507. The van der Waals surface area contributed by atoms with Crippen molar-refractivity contribution in [2.75, 3.05) is 52.6 Å². The molecule has 3 aromatic carbocycles. The molecule has 2 unspecified atom stereocenters. The molecule has 2 aliphatic heterocycles. The second-order valence-electron chi connectivity index (χ2n) is 10.6. The van der Waals surface area contributed by atoms with Crippen LogP contribution in [-0.2, 0) is 0 Å². The standard InChI is InChI=1S/C30H36ClFN6O/c1-33-30(38-16-20-9-10-21(17-38)36-20)25-15-26(31)27(24-14-22(39)13-19-7-4-5-8-23(19)24)28(32)29(25)35-18-34-11-6-12-37(2)3/h4-5,7-8,13-15,18,20-21,36,39H,6,9-12,16-17H2,1-3H3,(H,34,35). The lowest BCUT2D eigenvalue weighted by Gasteiger charge is -2.35. The Labute approximate surface area is 234 Å². The summed E-state index contributed by atoms with van der Waals surface area (Å²) < 4.78 is 16.7. The SMILES string of the molecule is CN=C(c1cc(Cl)c(-c2cc(O)cc3ccccc23)c(F)c1NC=NCCCN(C)C)N1CC2CCC(C1)N2. The predicted octanol–water partition coefficient (Wildman–Crippen LogP) is 5.21. The summed E-state index contributed by atoms with van der Waals surface area (Å²) in [6.45, 7) is 3.15. The molecule has 3 aromatic rings. The summed E-state index contributed by atoms with van der Waals surface area (Å²) >= 11 is 6.86. The third-order valence-corrected chi connectivity index (χ3v) is 7.79. The van der Waals surface area contributed by atoms with Crippen LogP contribution in [0.15, 0.2) is 52.4 Å². The van der Waals surface area contributed by atoms with Crippen molar-refractivity contribution in [2.24, 2.45) is 9.98 Å². The summed E-state index contributed by atoms with van der Waals surface area (Å²) in [4.78, 5) is 13.4. The van der Waals surface area contributed by atoms with Gasteiger partial charge in [-0.15, -0.1) is 0 Å². The lowest BCUT2D eigenvalue weighted by molar-refractivity contribution is 0.289. The van der Waals surface area contributed by atoms with Crippen LogP contribution < -0.4 is 10.6 Å². The maximum absolute atomic E-state index is 16.7. The molecular formula is C30H36ClFN6O. The zero-order valence-corrected chi connectivity index (χ0v) is 23.5. The number of nitrogens with zero attached hydrogens (tertiary/aromatic N) is 4. The fourth-order valence-corrected chi connectivity index (χ4v) is 6.03. The van der Waals surface area contributed by atoms with E-state index in [0.717, 1.165) is 49.7 Å². The lowest BCUT2D eigenvalue weighted by atomic mass is 9.95. The van der Waals surface area contributed by atoms with Gasteiger partial charge in [0.15, 0.2) is 5.82 Å². The van der Waals surface area contributed by atoms with Crippen LogP contribution in [0.2, 0.25) is 5.02 Å². The van der Waals surface area contributed by atoms with Gasteiger partial charge < -0.3 is 25.5 Å². The zero-order valence-electron chi connectivity index (χ0n) is 22.7. The molecule has 0 radical (unpaired) electrons. The molecule has 0 amide bonds. The van der Waals surface area contributed by atoms with Crippen LogP contribution in [-0.4, -0.2) is 86.5 Å². The molecule has 39 heavy (non-hydrogen) atoms. The summed E-state index contributed by atoms with van der Waals surface area (Å²) in [6, 6.07) is 13.4. The normalized spacial score (nSPS) is 19.5. The predicted molar refractivity (Wildman–Crippen MR) is 160 cm³/mol. The highest BCUT2D eigenvalue weighted by atomic mass is 35.5. The van der Waals surface area contributed by atoms with Gasteiger partial charge in [-0.1, -0.05) is 35.9 Å². The highest BCUT2D eigenvalue weighted by Crippen LogP contribution is 2.42. The Balaban J connectivity index is 1.59. The molecule has 0 saturated carbocycles. The van der Waals surface area contributed by atoms with Crippen molar-refractivity contribution in [3.63, 3.8) is 0 Å². The maximum Gasteiger partial charge on any atom is 0.156 e. The minimum Gasteiger partial charge on any atom is -0.508 e. The van der Waals surface area contributed by atoms with Crippen LogP contribution in [0.4, 0.5) is 10.1 Å². The van der Waals surface area contributed by atoms with Crippen LogP contribution in [0.5, 0.6) is 5.75 Å². The number of phenolic OH excluding ortho intramolecular Hbond substituents is 1. The number of aliphatic imine (C=N–C) groups is 2. The van der Waals surface area contributed by atoms with Crippen molar-refractivity contribution < 1.29 is 9.50 Å². The number of piperazine rings is 1. The summed E-state index contributed by atoms with van der Waals surface area (Å²) in [5.41, 5.74) is 1.62. The average molecular weight is 551 g/mol. The smallest absolute Gasteiger partial charge is 0.156 e. The fraction of sp³-hybridized carbons (Fsp3) is 0.400. The molecule has 206 valence electrons. The molecule has 5 rings (SSSR count). The Morgan fingerprint density at radius 1 is 1.21 bits per heavy atom. The molecule has 2 aliphatic rings. The van der Waals surface area contributed by atoms with Gasteiger partial charge in [0.05, 0.1) is 17.0 Å². The number of likely N-dealkylation sites (tertiary alicyclic amines) is 1. The summed E-state index contributed by atoms with van der Waals surface area (Å²) in [5, 5.41) is 19.1. The largest absolute Gasteiger partial charge is 0.508 e. The molecule has 2 atom stereocenters. The summed E-state index contributed by atoms with van der Waals surface area (Å²) in [6.07, 6.45) is 4.71. The van der Waals surface area contributed by atoms with Gasteiger partial charge in [-0.25, -0.2) is 4.39 Å². The molecule has 9 heteroatoms. The van der Waals surface area contributed by atoms with Gasteiger partial charge in [0.25, 0.3) is 0 Å². The summed E-state index contributed by atoms with van der Waals surface area (Å²) in [7, 11) is 5.79. The van der Waals surface area contributed by atoms with E-state index >= 15 is 4.39 Å². The van der Waals surface area contributed by atoms with Crippen LogP contribution in [0.1, 0.15) is 24.8 Å². The number of benzene rings is 3. The van der Waals surface area contributed by atoms with E-state index in [4.69, 9.17) is 11.6 Å². The Hall–Kier alpha value is -3.20. The molecule has 2 saturated heterocycles. The maximum atomic E-state index is 16.7. The fourth-order valence-electron chi connectivity index (χ4n) is 5.74. The third kappa shape index (κ3) is 5.88. The molecule has 0 spiro atoms. The second kappa shape index (κ2) is 11.9. The first-order valence-electron chi connectivity index (χ1n) is 13.5. The lowest BCUT2D eigenvalue weighted by Crippen LogP contribution is -2.53. The van der Waals surface area contributed by atoms with E-state index in [-0.39, 0.29) is 22.0 Å². The Bertz CT molecular complexity index is 1400. The first-order chi connectivity index (χ1) is 18.9. The van der Waals surface area contributed by atoms with Gasteiger partial charge in [-0.2, -0.15) is 0 Å². The van der Waals surface area contributed by atoms with Crippen molar-refractivity contribution in [3.8, 4) is 16.9 Å². The van der Waals surface area contributed by atoms with Crippen molar-refractivity contribution in [1.82, 2.24) is 15.1 Å². The number of hydrogen-bond acceptors (Lipinski definition) is 5. The Kier molecular flexibility index (Phi) is 8.35. The number of halogens is 2. The van der Waals surface area contributed by atoms with Gasteiger partial charge in [-0.3, -0.25) is 9.98 Å². The molecule has 7 nitrogen and oxygen atoms in total. The molecule has 2 bridgehead atoms. The topological polar surface area (TPSA) is 75.5 Å². The van der Waals surface area contributed by atoms with Crippen molar-refractivity contribution in [3.05, 3.63) is 58.9 Å². The Morgan fingerprint density at radius 3 is 2.67 bits per heavy atom. The van der Waals surface area contributed by atoms with E-state index < -0.39 is 5.82 Å². The first-order valence-corrected chi connectivity index (χ1v) is 13.8. The first kappa shape index (κ1) is 27.4. The van der Waals surface area contributed by atoms with E-state index in [1.54, 1.807) is 31.6 Å². The monoisotopic (exact) mass is 550 g/mol. The van der Waals surface area contributed by atoms with Crippen molar-refractivity contribution in [2.45, 2.75) is 31.3 Å². The molecule has 2 fully saturated rings. The van der Waals surface area contributed by atoms with Crippen LogP contribution in [0.3, 0.4) is 0 Å². The van der Waals surface area contributed by atoms with Gasteiger partial charge in [0.2, 0.25) is 0 Å². The Morgan fingerprint density at radius 2 is 1.95 bits per heavy atom. The number of nitrogens with one attached hydrogen (secondary N) is 2. The number of hydrogen-bond donors (Lipinski definition) is 3. The van der Waals surface area contributed by atoms with E-state index in [2.05, 4.69) is 30.4 Å². The molecule has 0 aromatic heterocycles. The van der Waals surface area contributed by atoms with E-state index in [1.165, 1.54) is 0 Å². The van der Waals surface area contributed by atoms with E-state index in [9.17, 15) is 5.11 Å². The number of amidine groups is 1. The van der Waals surface area contributed by atoms with Gasteiger partial charge >= 0.3 is 0 Å². The third-order valence-electron chi connectivity index (χ3n) is 7.50. The van der Waals surface area contributed by atoms with Gasteiger partial charge in [-0.05, 0) is 74.4 Å². The number of anilines is 1. The van der Waals surface area contributed by atoms with Crippen molar-refractivity contribution >= 4 is 40.2 Å². The zero-order chi connectivity index (χ0) is 27.5. The van der Waals surface area contributed by atoms with Crippen LogP contribution >= 0.6 is 11.6 Å². The quantitative estimate of drug-likeness (QED) is 0.204. The highest BCUT2D eigenvalue weighted by molar-refractivity contribution is 6.34. The average Bonchev–Trinajstić information content (AvgIpc) is 3.24. The van der Waals surface area contributed by atoms with Gasteiger partial charge in [0.1, 0.15) is 11.6 Å². The number of rotatable bonds is 8. The number of fused-ring (bicyclic) bond motifs is 3. The van der Waals surface area contributed by atoms with Gasteiger partial charge in [0, 0.05) is 49.9 Å². The number of aromatic hydroxyl groups is 1. The number of phenols is 1. The van der Waals surface area contributed by atoms with Crippen LogP contribution in [0.25, 0.3) is 21.9 Å². The second-order valence-corrected chi connectivity index (χ2v) is 11.0. The summed E-state index contributed by atoms with van der Waals surface area (Å²) in [5.74, 6) is 0.240. The van der Waals surface area contributed by atoms with E-state index in [0.29, 0.717) is 35.6 Å².